The number of H-pyrrole nitrogens is 1. The van der Waals surface area contributed by atoms with Gasteiger partial charge in [-0.2, -0.15) is 15.1 Å². The number of benzene rings is 1. The second-order valence-corrected chi connectivity index (χ2v) is 4.18. The fraction of sp³-hybridized carbons (Fsp3) is 0.0833. The lowest BCUT2D eigenvalue weighted by atomic mass is 10.3. The van der Waals surface area contributed by atoms with Gasteiger partial charge in [0.1, 0.15) is 5.82 Å². The van der Waals surface area contributed by atoms with Gasteiger partial charge in [-0.05, 0) is 23.7 Å². The molecule has 0 spiro atoms. The van der Waals surface area contributed by atoms with Crippen molar-refractivity contribution in [3.8, 4) is 0 Å². The van der Waals surface area contributed by atoms with Gasteiger partial charge in [0.15, 0.2) is 5.65 Å². The summed E-state index contributed by atoms with van der Waals surface area (Å²) in [7, 11) is 1.93. The van der Waals surface area contributed by atoms with E-state index in [1.807, 2.05) is 42.3 Å². The van der Waals surface area contributed by atoms with Crippen molar-refractivity contribution in [2.75, 3.05) is 11.9 Å². The first-order valence-corrected chi connectivity index (χ1v) is 5.79. The first kappa shape index (κ1) is 11.0. The van der Waals surface area contributed by atoms with Gasteiger partial charge in [0.05, 0.1) is 11.6 Å². The van der Waals surface area contributed by atoms with Crippen LogP contribution in [0.3, 0.4) is 0 Å². The molecule has 5 nitrogen and oxygen atoms in total. The highest BCUT2D eigenvalue weighted by Gasteiger charge is 2.13. The van der Waals surface area contributed by atoms with Crippen molar-refractivity contribution in [2.24, 2.45) is 0 Å². The molecule has 0 aliphatic heterocycles. The van der Waals surface area contributed by atoms with E-state index in [2.05, 4.69) is 20.2 Å². The Morgan fingerprint density at radius 3 is 2.72 bits per heavy atom. The zero-order valence-corrected chi connectivity index (χ0v) is 10.4. The monoisotopic (exact) mass is 259 g/mol. The SMILES string of the molecule is CN(c1ccccc1)c1nc(Cl)nc2[nH]ncc12. The number of aromatic nitrogens is 4. The van der Waals surface area contributed by atoms with Crippen LogP contribution in [0.15, 0.2) is 36.5 Å². The van der Waals surface area contributed by atoms with Crippen LogP contribution in [0.25, 0.3) is 11.0 Å². The van der Waals surface area contributed by atoms with Crippen molar-refractivity contribution in [2.45, 2.75) is 0 Å². The highest BCUT2D eigenvalue weighted by Crippen LogP contribution is 2.28. The molecule has 1 N–H and O–H groups in total. The number of hydrogen-bond donors (Lipinski definition) is 1. The Kier molecular flexibility index (Phi) is 2.60. The van der Waals surface area contributed by atoms with Crippen LogP contribution in [-0.2, 0) is 0 Å². The summed E-state index contributed by atoms with van der Waals surface area (Å²) in [6, 6.07) is 9.92. The summed E-state index contributed by atoms with van der Waals surface area (Å²) in [6.07, 6.45) is 1.69. The van der Waals surface area contributed by atoms with Crippen LogP contribution >= 0.6 is 11.6 Å². The smallest absolute Gasteiger partial charge is 0.226 e. The molecule has 0 atom stereocenters. The largest absolute Gasteiger partial charge is 0.329 e. The van der Waals surface area contributed by atoms with E-state index in [1.54, 1.807) is 6.20 Å². The number of nitrogens with one attached hydrogen (secondary N) is 1. The molecule has 0 amide bonds. The fourth-order valence-corrected chi connectivity index (χ4v) is 1.99. The van der Waals surface area contributed by atoms with Crippen LogP contribution < -0.4 is 4.90 Å². The standard InChI is InChI=1S/C12H10ClN5/c1-18(8-5-3-2-4-6-8)11-9-7-14-17-10(9)15-12(13)16-11/h2-7H,1H3,(H,14,15,16,17). The lowest BCUT2D eigenvalue weighted by Crippen LogP contribution is -2.11. The van der Waals surface area contributed by atoms with Gasteiger partial charge in [0, 0.05) is 12.7 Å². The summed E-state index contributed by atoms with van der Waals surface area (Å²) >= 11 is 5.92. The maximum atomic E-state index is 5.92. The summed E-state index contributed by atoms with van der Waals surface area (Å²) in [6.45, 7) is 0. The van der Waals surface area contributed by atoms with Gasteiger partial charge >= 0.3 is 0 Å². The van der Waals surface area contributed by atoms with E-state index in [9.17, 15) is 0 Å². The number of rotatable bonds is 2. The fourth-order valence-electron chi connectivity index (χ4n) is 1.82. The van der Waals surface area contributed by atoms with Crippen molar-refractivity contribution in [3.05, 3.63) is 41.8 Å². The van der Waals surface area contributed by atoms with E-state index in [-0.39, 0.29) is 5.28 Å². The van der Waals surface area contributed by atoms with E-state index in [4.69, 9.17) is 11.6 Å². The first-order valence-electron chi connectivity index (χ1n) is 5.41. The van der Waals surface area contributed by atoms with E-state index in [1.165, 1.54) is 0 Å². The molecule has 3 aromatic rings. The Morgan fingerprint density at radius 1 is 1.17 bits per heavy atom. The average Bonchev–Trinajstić information content (AvgIpc) is 2.86. The third-order valence-electron chi connectivity index (χ3n) is 2.72. The van der Waals surface area contributed by atoms with Crippen LogP contribution in [0.4, 0.5) is 11.5 Å². The molecule has 0 unspecified atom stereocenters. The van der Waals surface area contributed by atoms with Gasteiger partial charge in [-0.15, -0.1) is 0 Å². The van der Waals surface area contributed by atoms with E-state index in [0.717, 1.165) is 16.9 Å². The molecule has 90 valence electrons. The number of fused-ring (bicyclic) bond motifs is 1. The van der Waals surface area contributed by atoms with E-state index < -0.39 is 0 Å². The predicted molar refractivity (Wildman–Crippen MR) is 71.2 cm³/mol. The summed E-state index contributed by atoms with van der Waals surface area (Å²) in [5.74, 6) is 0.727. The topological polar surface area (TPSA) is 57.7 Å². The van der Waals surface area contributed by atoms with Gasteiger partial charge in [-0.25, -0.2) is 0 Å². The van der Waals surface area contributed by atoms with Crippen LogP contribution in [0, 0.1) is 0 Å². The highest BCUT2D eigenvalue weighted by molar-refractivity contribution is 6.28. The van der Waals surface area contributed by atoms with Gasteiger partial charge < -0.3 is 4.90 Å². The molecule has 0 aliphatic rings. The number of halogens is 1. The van der Waals surface area contributed by atoms with Crippen molar-refractivity contribution in [1.29, 1.82) is 0 Å². The summed E-state index contributed by atoms with van der Waals surface area (Å²) in [4.78, 5) is 10.3. The van der Waals surface area contributed by atoms with Crippen molar-refractivity contribution >= 4 is 34.1 Å². The summed E-state index contributed by atoms with van der Waals surface area (Å²) in [5, 5.41) is 7.80. The first-order chi connectivity index (χ1) is 8.75. The zero-order valence-electron chi connectivity index (χ0n) is 9.63. The van der Waals surface area contributed by atoms with Gasteiger partial charge in [0.2, 0.25) is 5.28 Å². The maximum absolute atomic E-state index is 5.92. The summed E-state index contributed by atoms with van der Waals surface area (Å²) < 4.78 is 0. The molecule has 2 aromatic heterocycles. The normalized spacial score (nSPS) is 10.8. The van der Waals surface area contributed by atoms with Gasteiger partial charge in [0.25, 0.3) is 0 Å². The molecule has 0 saturated carbocycles. The minimum absolute atomic E-state index is 0.199. The van der Waals surface area contributed by atoms with Crippen LogP contribution in [0.5, 0.6) is 0 Å². The molecule has 0 saturated heterocycles. The van der Waals surface area contributed by atoms with E-state index in [0.29, 0.717) is 5.65 Å². The molecule has 0 aliphatic carbocycles. The Bertz CT molecular complexity index is 679. The third-order valence-corrected chi connectivity index (χ3v) is 2.89. The number of aromatic amines is 1. The molecule has 1 aromatic carbocycles. The lowest BCUT2D eigenvalue weighted by Gasteiger charge is -2.18. The Balaban J connectivity index is 2.17. The number of hydrogen-bond acceptors (Lipinski definition) is 4. The average molecular weight is 260 g/mol. The molecular weight excluding hydrogens is 250 g/mol. The molecule has 18 heavy (non-hydrogen) atoms. The van der Waals surface area contributed by atoms with Crippen LogP contribution in [0.1, 0.15) is 0 Å². The van der Waals surface area contributed by atoms with Crippen LogP contribution in [-0.4, -0.2) is 27.2 Å². The second kappa shape index (κ2) is 4.27. The predicted octanol–water partition coefficient (Wildman–Crippen LogP) is 2.77. The molecule has 2 heterocycles. The molecule has 0 radical (unpaired) electrons. The number of para-hydroxylation sites is 1. The highest BCUT2D eigenvalue weighted by atomic mass is 35.5. The van der Waals surface area contributed by atoms with Crippen molar-refractivity contribution < 1.29 is 0 Å². The van der Waals surface area contributed by atoms with Crippen LogP contribution in [0.2, 0.25) is 5.28 Å². The Labute approximate surface area is 108 Å². The zero-order chi connectivity index (χ0) is 12.5. The summed E-state index contributed by atoms with van der Waals surface area (Å²) in [5.41, 5.74) is 1.66. The van der Waals surface area contributed by atoms with Gasteiger partial charge in [-0.3, -0.25) is 5.10 Å². The van der Waals surface area contributed by atoms with Gasteiger partial charge in [-0.1, -0.05) is 18.2 Å². The number of anilines is 2. The van der Waals surface area contributed by atoms with Crippen molar-refractivity contribution in [1.82, 2.24) is 20.2 Å². The minimum atomic E-state index is 0.199. The molecule has 3 rings (SSSR count). The van der Waals surface area contributed by atoms with E-state index >= 15 is 0 Å². The second-order valence-electron chi connectivity index (χ2n) is 3.84. The lowest BCUT2D eigenvalue weighted by molar-refractivity contribution is 1.08. The molecule has 0 fully saturated rings. The molecule has 0 bridgehead atoms. The Morgan fingerprint density at radius 2 is 1.94 bits per heavy atom. The molecular formula is C12H10ClN5. The van der Waals surface area contributed by atoms with Crippen molar-refractivity contribution in [3.63, 3.8) is 0 Å². The quantitative estimate of drug-likeness (QED) is 0.719. The number of nitrogens with zero attached hydrogens (tertiary/aromatic N) is 4. The molecule has 6 heteroatoms. The third kappa shape index (κ3) is 1.78. The minimum Gasteiger partial charge on any atom is -0.329 e. The maximum Gasteiger partial charge on any atom is 0.226 e. The Hall–Kier alpha value is -2.14.